The monoisotopic (exact) mass is 340 g/mol. The number of halogens is 1. The number of hydrogen-bond donors (Lipinski definition) is 3. The predicted octanol–water partition coefficient (Wildman–Crippen LogP) is 2.35. The van der Waals surface area contributed by atoms with Gasteiger partial charge in [-0.05, 0) is 37.1 Å². The van der Waals surface area contributed by atoms with Gasteiger partial charge in [-0.1, -0.05) is 15.9 Å². The first-order chi connectivity index (χ1) is 9.29. The second kappa shape index (κ2) is 6.85. The number of urea groups is 1. The fraction of sp³-hybridized carbons (Fsp3) is 0.154. The van der Waals surface area contributed by atoms with Crippen LogP contribution < -0.4 is 10.6 Å². The summed E-state index contributed by atoms with van der Waals surface area (Å²) >= 11 is 3.41. The van der Waals surface area contributed by atoms with Crippen molar-refractivity contribution in [2.75, 3.05) is 5.32 Å². The van der Waals surface area contributed by atoms with Crippen molar-refractivity contribution in [3.05, 3.63) is 39.9 Å². The van der Waals surface area contributed by atoms with Crippen LogP contribution in [-0.4, -0.2) is 23.0 Å². The second-order valence-corrected chi connectivity index (χ2v) is 4.83. The number of rotatable bonds is 3. The highest BCUT2D eigenvalue weighted by Crippen LogP contribution is 2.24. The van der Waals surface area contributed by atoms with Crippen molar-refractivity contribution in [3.63, 3.8) is 0 Å². The Balaban J connectivity index is 2.68. The Hall–Kier alpha value is -2.15. The first-order valence-electron chi connectivity index (χ1n) is 5.59. The molecular formula is C13H13BrN2O4. The molecule has 1 aromatic rings. The largest absolute Gasteiger partial charge is 0.478 e. The van der Waals surface area contributed by atoms with Gasteiger partial charge in [-0.15, -0.1) is 0 Å². The number of amides is 3. The fourth-order valence-electron chi connectivity index (χ4n) is 1.48. The van der Waals surface area contributed by atoms with E-state index in [4.69, 9.17) is 5.11 Å². The number of carbonyl (C=O) groups excluding carboxylic acids is 2. The van der Waals surface area contributed by atoms with Gasteiger partial charge in [0.15, 0.2) is 0 Å². The lowest BCUT2D eigenvalue weighted by molar-refractivity contribution is -0.131. The van der Waals surface area contributed by atoms with E-state index < -0.39 is 17.9 Å². The molecule has 0 aliphatic rings. The average molecular weight is 341 g/mol. The van der Waals surface area contributed by atoms with E-state index in [-0.39, 0.29) is 0 Å². The van der Waals surface area contributed by atoms with Gasteiger partial charge in [-0.2, -0.15) is 0 Å². The van der Waals surface area contributed by atoms with E-state index in [1.54, 1.807) is 12.1 Å². The lowest BCUT2D eigenvalue weighted by Crippen LogP contribution is -2.33. The zero-order chi connectivity index (χ0) is 15.3. The van der Waals surface area contributed by atoms with Gasteiger partial charge in [-0.3, -0.25) is 10.1 Å². The summed E-state index contributed by atoms with van der Waals surface area (Å²) in [6, 6.07) is 2.76. The molecule has 3 N–H and O–H groups in total. The van der Waals surface area contributed by atoms with E-state index in [1.165, 1.54) is 0 Å². The topological polar surface area (TPSA) is 95.5 Å². The second-order valence-electron chi connectivity index (χ2n) is 4.04. The SMILES string of the molecule is Cc1cc(NC(=O)NC(=O)/C=C/C(=O)O)cc(C)c1Br. The first-order valence-corrected chi connectivity index (χ1v) is 6.38. The molecular weight excluding hydrogens is 328 g/mol. The molecule has 6 nitrogen and oxygen atoms in total. The molecule has 0 bridgehead atoms. The third kappa shape index (κ3) is 4.85. The summed E-state index contributed by atoms with van der Waals surface area (Å²) in [6.07, 6.45) is 1.41. The van der Waals surface area contributed by atoms with Crippen molar-refractivity contribution in [1.29, 1.82) is 0 Å². The van der Waals surface area contributed by atoms with E-state index >= 15 is 0 Å². The summed E-state index contributed by atoms with van der Waals surface area (Å²) in [4.78, 5) is 33.0. The first kappa shape index (κ1) is 15.9. The third-order valence-corrected chi connectivity index (χ3v) is 3.56. The molecule has 0 fully saturated rings. The molecule has 0 saturated heterocycles. The summed E-state index contributed by atoms with van der Waals surface area (Å²) in [5.74, 6) is -2.07. The lowest BCUT2D eigenvalue weighted by atomic mass is 10.1. The van der Waals surface area contributed by atoms with Crippen molar-refractivity contribution < 1.29 is 19.5 Å². The Morgan fingerprint density at radius 1 is 1.15 bits per heavy atom. The Bertz CT molecular complexity index is 573. The quantitative estimate of drug-likeness (QED) is 0.736. The number of aliphatic carboxylic acids is 1. The normalized spacial score (nSPS) is 10.3. The number of nitrogens with one attached hydrogen (secondary N) is 2. The van der Waals surface area contributed by atoms with Crippen molar-refractivity contribution in [3.8, 4) is 0 Å². The van der Waals surface area contributed by atoms with Crippen molar-refractivity contribution in [2.45, 2.75) is 13.8 Å². The van der Waals surface area contributed by atoms with Crippen LogP contribution in [0.2, 0.25) is 0 Å². The van der Waals surface area contributed by atoms with Gasteiger partial charge in [0.1, 0.15) is 0 Å². The number of carboxylic acid groups (broad SMARTS) is 1. The summed E-state index contributed by atoms with van der Waals surface area (Å²) in [5.41, 5.74) is 2.42. The standard InChI is InChI=1S/C13H13BrN2O4/c1-7-5-9(6-8(2)12(7)14)15-13(20)16-10(17)3-4-11(18)19/h3-6H,1-2H3,(H,18,19)(H2,15,16,17,20)/b4-3+. The number of anilines is 1. The van der Waals surface area contributed by atoms with Crippen LogP contribution in [0.4, 0.5) is 10.5 Å². The summed E-state index contributed by atoms with van der Waals surface area (Å²) in [6.45, 7) is 3.75. The highest BCUT2D eigenvalue weighted by Gasteiger charge is 2.08. The summed E-state index contributed by atoms with van der Waals surface area (Å²) in [5, 5.41) is 12.8. The van der Waals surface area contributed by atoms with Crippen LogP contribution in [-0.2, 0) is 9.59 Å². The minimum absolute atomic E-state index is 0.538. The number of aryl methyl sites for hydroxylation is 2. The Kier molecular flexibility index (Phi) is 5.45. The van der Waals surface area contributed by atoms with Gasteiger partial charge in [0, 0.05) is 22.3 Å². The predicted molar refractivity (Wildman–Crippen MR) is 77.6 cm³/mol. The Morgan fingerprint density at radius 3 is 2.20 bits per heavy atom. The zero-order valence-corrected chi connectivity index (χ0v) is 12.4. The molecule has 0 aliphatic carbocycles. The van der Waals surface area contributed by atoms with E-state index in [1.807, 2.05) is 19.2 Å². The van der Waals surface area contributed by atoms with E-state index in [0.29, 0.717) is 11.8 Å². The number of benzene rings is 1. The van der Waals surface area contributed by atoms with Crippen LogP contribution in [0.3, 0.4) is 0 Å². The van der Waals surface area contributed by atoms with Crippen LogP contribution in [0.5, 0.6) is 0 Å². The average Bonchev–Trinajstić information content (AvgIpc) is 2.33. The number of carboxylic acids is 1. The van der Waals surface area contributed by atoms with Crippen molar-refractivity contribution in [1.82, 2.24) is 5.32 Å². The minimum atomic E-state index is -1.26. The van der Waals surface area contributed by atoms with E-state index in [2.05, 4.69) is 21.2 Å². The number of carbonyl (C=O) groups is 3. The van der Waals surface area contributed by atoms with Gasteiger partial charge in [0.25, 0.3) is 5.91 Å². The minimum Gasteiger partial charge on any atom is -0.478 e. The molecule has 0 saturated carbocycles. The number of hydrogen-bond acceptors (Lipinski definition) is 3. The molecule has 7 heteroatoms. The maximum Gasteiger partial charge on any atom is 0.328 e. The van der Waals surface area contributed by atoms with Gasteiger partial charge in [0.05, 0.1) is 0 Å². The number of imide groups is 1. The molecule has 0 radical (unpaired) electrons. The van der Waals surface area contributed by atoms with Gasteiger partial charge in [-0.25, -0.2) is 9.59 Å². The molecule has 3 amide bonds. The van der Waals surface area contributed by atoms with Crippen molar-refractivity contribution in [2.24, 2.45) is 0 Å². The van der Waals surface area contributed by atoms with E-state index in [9.17, 15) is 14.4 Å². The highest BCUT2D eigenvalue weighted by molar-refractivity contribution is 9.10. The zero-order valence-electron chi connectivity index (χ0n) is 10.9. The highest BCUT2D eigenvalue weighted by atomic mass is 79.9. The lowest BCUT2D eigenvalue weighted by Gasteiger charge is -2.09. The summed E-state index contributed by atoms with van der Waals surface area (Å²) < 4.78 is 0.948. The summed E-state index contributed by atoms with van der Waals surface area (Å²) in [7, 11) is 0. The Labute approximate surface area is 124 Å². The van der Waals surface area contributed by atoms with Gasteiger partial charge in [0.2, 0.25) is 0 Å². The molecule has 1 aromatic carbocycles. The molecule has 0 aromatic heterocycles. The molecule has 0 aliphatic heterocycles. The van der Waals surface area contributed by atoms with E-state index in [0.717, 1.165) is 21.7 Å². The maximum absolute atomic E-state index is 11.5. The maximum atomic E-state index is 11.5. The van der Waals surface area contributed by atoms with Gasteiger partial charge < -0.3 is 10.4 Å². The van der Waals surface area contributed by atoms with Gasteiger partial charge >= 0.3 is 12.0 Å². The smallest absolute Gasteiger partial charge is 0.328 e. The van der Waals surface area contributed by atoms with Crippen LogP contribution in [0.1, 0.15) is 11.1 Å². The molecule has 0 atom stereocenters. The Morgan fingerprint density at radius 2 is 1.70 bits per heavy atom. The van der Waals surface area contributed by atoms with Crippen molar-refractivity contribution >= 4 is 39.5 Å². The molecule has 106 valence electrons. The van der Waals surface area contributed by atoms with Crippen LogP contribution in [0.25, 0.3) is 0 Å². The fourth-order valence-corrected chi connectivity index (χ4v) is 1.71. The molecule has 20 heavy (non-hydrogen) atoms. The third-order valence-electron chi connectivity index (χ3n) is 2.31. The molecule has 0 unspecified atom stereocenters. The molecule has 1 rings (SSSR count). The molecule has 0 spiro atoms. The van der Waals surface area contributed by atoms with Crippen LogP contribution in [0, 0.1) is 13.8 Å². The van der Waals surface area contributed by atoms with Crippen LogP contribution in [0.15, 0.2) is 28.8 Å². The van der Waals surface area contributed by atoms with Crippen LogP contribution >= 0.6 is 15.9 Å². The molecule has 0 heterocycles.